The summed E-state index contributed by atoms with van der Waals surface area (Å²) in [5, 5.41) is -1.56. The van der Waals surface area contributed by atoms with Crippen LogP contribution in [-0.2, 0) is 19.6 Å². The number of carbonyl (C=O) groups is 1. The van der Waals surface area contributed by atoms with E-state index in [1.807, 2.05) is 21.1 Å². The smallest absolute Gasteiger partial charge is 0.323 e. The van der Waals surface area contributed by atoms with Gasteiger partial charge in [0, 0.05) is 0 Å². The maximum Gasteiger partial charge on any atom is 0.323 e. The lowest BCUT2D eigenvalue weighted by Gasteiger charge is -2.24. The van der Waals surface area contributed by atoms with Crippen LogP contribution in [0.5, 0.6) is 0 Å². The lowest BCUT2D eigenvalue weighted by molar-refractivity contribution is -0.870. The summed E-state index contributed by atoms with van der Waals surface area (Å²) < 4.78 is 39.5. The fraction of sp³-hybridized carbons (Fsp3) is 0.941. The number of carbonyl (C=O) groups excluding carboxylic acids is 1. The number of quaternary nitrogens is 1. The SMILES string of the molecule is CCCCCCCCCCC(C(=O)OCC[N+](C)(C)C)S(=O)(=O)[O-]. The summed E-state index contributed by atoms with van der Waals surface area (Å²) in [6.45, 7) is 2.85. The minimum Gasteiger partial charge on any atom is -0.747 e. The molecule has 0 heterocycles. The molecule has 0 aliphatic carbocycles. The third kappa shape index (κ3) is 12.7. The van der Waals surface area contributed by atoms with Gasteiger partial charge in [0.2, 0.25) is 0 Å². The van der Waals surface area contributed by atoms with Crippen molar-refractivity contribution in [3.8, 4) is 0 Å². The molecule has 144 valence electrons. The Morgan fingerprint density at radius 2 is 1.50 bits per heavy atom. The molecule has 0 aromatic carbocycles. The maximum atomic E-state index is 11.9. The monoisotopic (exact) mass is 365 g/mol. The zero-order valence-electron chi connectivity index (χ0n) is 15.8. The molecule has 1 atom stereocenters. The van der Waals surface area contributed by atoms with E-state index in [4.69, 9.17) is 4.74 Å². The Balaban J connectivity index is 4.13. The van der Waals surface area contributed by atoms with Crippen molar-refractivity contribution in [1.29, 1.82) is 0 Å². The number of hydrogen-bond donors (Lipinski definition) is 0. The first kappa shape index (κ1) is 23.3. The summed E-state index contributed by atoms with van der Waals surface area (Å²) in [5.41, 5.74) is 0. The van der Waals surface area contributed by atoms with Gasteiger partial charge in [0.1, 0.15) is 28.5 Å². The Bertz CT molecular complexity index is 442. The van der Waals surface area contributed by atoms with Crippen LogP contribution in [0.4, 0.5) is 0 Å². The van der Waals surface area contributed by atoms with E-state index in [1.165, 1.54) is 25.7 Å². The third-order valence-electron chi connectivity index (χ3n) is 3.94. The van der Waals surface area contributed by atoms with E-state index < -0.39 is 21.3 Å². The van der Waals surface area contributed by atoms with Crippen LogP contribution in [0.25, 0.3) is 0 Å². The van der Waals surface area contributed by atoms with Gasteiger partial charge in [-0.1, -0.05) is 58.3 Å². The molecule has 0 saturated heterocycles. The van der Waals surface area contributed by atoms with Crippen molar-refractivity contribution >= 4 is 16.1 Å². The van der Waals surface area contributed by atoms with E-state index in [2.05, 4.69) is 6.92 Å². The molecule has 0 aliphatic heterocycles. The number of esters is 1. The second-order valence-corrected chi connectivity index (χ2v) is 8.98. The van der Waals surface area contributed by atoms with Gasteiger partial charge >= 0.3 is 5.97 Å². The van der Waals surface area contributed by atoms with Crippen LogP contribution in [0.1, 0.15) is 64.7 Å². The molecular weight excluding hydrogens is 330 g/mol. The zero-order valence-corrected chi connectivity index (χ0v) is 16.6. The molecule has 0 N–H and O–H groups in total. The second-order valence-electron chi connectivity index (χ2n) is 7.43. The molecule has 0 radical (unpaired) electrons. The Kier molecular flexibility index (Phi) is 11.5. The fourth-order valence-electron chi connectivity index (χ4n) is 2.36. The van der Waals surface area contributed by atoms with Crippen LogP contribution in [0, 0.1) is 0 Å². The van der Waals surface area contributed by atoms with E-state index in [0.29, 0.717) is 17.4 Å². The van der Waals surface area contributed by atoms with Gasteiger partial charge < -0.3 is 13.8 Å². The molecule has 0 aromatic rings. The summed E-state index contributed by atoms with van der Waals surface area (Å²) in [5.74, 6) is -0.901. The number of unbranched alkanes of at least 4 members (excludes halogenated alkanes) is 7. The predicted molar refractivity (Wildman–Crippen MR) is 94.6 cm³/mol. The average Bonchev–Trinajstić information content (AvgIpc) is 2.42. The number of rotatable bonds is 14. The Morgan fingerprint density at radius 1 is 1.00 bits per heavy atom. The predicted octanol–water partition coefficient (Wildman–Crippen LogP) is 2.68. The minimum absolute atomic E-state index is 0.0595. The summed E-state index contributed by atoms with van der Waals surface area (Å²) in [7, 11) is 1.16. The summed E-state index contributed by atoms with van der Waals surface area (Å²) in [6.07, 6.45) is 8.44. The molecule has 6 nitrogen and oxygen atoms in total. The molecule has 7 heteroatoms. The Hall–Kier alpha value is -0.660. The van der Waals surface area contributed by atoms with Gasteiger partial charge in [-0.05, 0) is 6.42 Å². The van der Waals surface area contributed by atoms with Crippen molar-refractivity contribution < 1.29 is 27.0 Å². The third-order valence-corrected chi connectivity index (χ3v) is 5.06. The highest BCUT2D eigenvalue weighted by molar-refractivity contribution is 7.87. The number of hydrogen-bond acceptors (Lipinski definition) is 5. The molecule has 0 bridgehead atoms. The van der Waals surface area contributed by atoms with Gasteiger partial charge in [0.05, 0.1) is 21.1 Å². The van der Waals surface area contributed by atoms with Crippen LogP contribution in [0.15, 0.2) is 0 Å². The number of likely N-dealkylation sites (N-methyl/N-ethyl adjacent to an activating group) is 1. The van der Waals surface area contributed by atoms with E-state index in [1.54, 1.807) is 0 Å². The molecule has 1 unspecified atom stereocenters. The lowest BCUT2D eigenvalue weighted by atomic mass is 10.1. The van der Waals surface area contributed by atoms with E-state index in [0.717, 1.165) is 19.3 Å². The first-order valence-corrected chi connectivity index (χ1v) is 10.5. The summed E-state index contributed by atoms with van der Waals surface area (Å²) >= 11 is 0. The average molecular weight is 366 g/mol. The van der Waals surface area contributed by atoms with Gasteiger partial charge in [-0.15, -0.1) is 0 Å². The molecule has 24 heavy (non-hydrogen) atoms. The lowest BCUT2D eigenvalue weighted by Crippen LogP contribution is -2.39. The molecule has 0 rings (SSSR count). The van der Waals surface area contributed by atoms with Gasteiger partial charge in [0.15, 0.2) is 0 Å². The van der Waals surface area contributed by atoms with Gasteiger partial charge in [-0.2, -0.15) is 0 Å². The zero-order chi connectivity index (χ0) is 18.6. The topological polar surface area (TPSA) is 83.5 Å². The number of ether oxygens (including phenoxy) is 1. The van der Waals surface area contributed by atoms with E-state index in [9.17, 15) is 17.8 Å². The largest absolute Gasteiger partial charge is 0.747 e. The van der Waals surface area contributed by atoms with Crippen molar-refractivity contribution in [2.45, 2.75) is 70.0 Å². The highest BCUT2D eigenvalue weighted by Crippen LogP contribution is 2.15. The Labute approximate surface area is 147 Å². The van der Waals surface area contributed by atoms with Gasteiger partial charge in [-0.3, -0.25) is 4.79 Å². The first-order chi connectivity index (χ1) is 11.1. The van der Waals surface area contributed by atoms with Crippen molar-refractivity contribution in [2.75, 3.05) is 34.3 Å². The Morgan fingerprint density at radius 3 is 1.96 bits per heavy atom. The van der Waals surface area contributed by atoms with Crippen molar-refractivity contribution in [2.24, 2.45) is 0 Å². The highest BCUT2D eigenvalue weighted by Gasteiger charge is 2.26. The standard InChI is InChI=1S/C17H35NO5S/c1-5-6-7-8-9-10-11-12-13-16(24(20,21)22)17(19)23-15-14-18(2,3)4/h16H,5-15H2,1-4H3. The van der Waals surface area contributed by atoms with Crippen molar-refractivity contribution in [1.82, 2.24) is 0 Å². The second kappa shape index (κ2) is 11.8. The highest BCUT2D eigenvalue weighted by atomic mass is 32.2. The first-order valence-electron chi connectivity index (χ1n) is 8.99. The van der Waals surface area contributed by atoms with Crippen LogP contribution < -0.4 is 0 Å². The summed E-state index contributed by atoms with van der Waals surface area (Å²) in [4.78, 5) is 11.9. The molecule has 0 spiro atoms. The van der Waals surface area contributed by atoms with Gasteiger partial charge in [-0.25, -0.2) is 8.42 Å². The van der Waals surface area contributed by atoms with Crippen LogP contribution >= 0.6 is 0 Å². The minimum atomic E-state index is -4.66. The van der Waals surface area contributed by atoms with Crippen LogP contribution in [-0.4, -0.2) is 63.0 Å². The quantitative estimate of drug-likeness (QED) is 0.204. The molecule has 0 saturated carbocycles. The maximum absolute atomic E-state index is 11.9. The van der Waals surface area contributed by atoms with Crippen LogP contribution in [0.3, 0.4) is 0 Å². The van der Waals surface area contributed by atoms with Crippen molar-refractivity contribution in [3.63, 3.8) is 0 Å². The van der Waals surface area contributed by atoms with Crippen LogP contribution in [0.2, 0.25) is 0 Å². The summed E-state index contributed by atoms with van der Waals surface area (Å²) in [6, 6.07) is 0. The van der Waals surface area contributed by atoms with E-state index in [-0.39, 0.29) is 13.0 Å². The molecule has 0 fully saturated rings. The molecule has 0 aromatic heterocycles. The molecule has 0 amide bonds. The number of nitrogens with zero attached hydrogens (tertiary/aromatic N) is 1. The molecular formula is C17H35NO5S. The molecule has 0 aliphatic rings. The van der Waals surface area contributed by atoms with Gasteiger partial charge in [0.25, 0.3) is 0 Å². The normalized spacial score (nSPS) is 13.7. The fourth-order valence-corrected chi connectivity index (χ4v) is 3.12. The van der Waals surface area contributed by atoms with E-state index >= 15 is 0 Å². The van der Waals surface area contributed by atoms with Crippen molar-refractivity contribution in [3.05, 3.63) is 0 Å².